The molecule has 0 spiro atoms. The third-order valence-electron chi connectivity index (χ3n) is 3.52. The number of nitrogens with zero attached hydrogens (tertiary/aromatic N) is 3. The highest BCUT2D eigenvalue weighted by molar-refractivity contribution is 5.57. The summed E-state index contributed by atoms with van der Waals surface area (Å²) in [5, 5.41) is 14.5. The van der Waals surface area contributed by atoms with Crippen LogP contribution < -0.4 is 4.74 Å². The van der Waals surface area contributed by atoms with Gasteiger partial charge in [-0.25, -0.2) is 0 Å². The number of benzene rings is 1. The predicted octanol–water partition coefficient (Wildman–Crippen LogP) is 3.58. The van der Waals surface area contributed by atoms with E-state index >= 15 is 0 Å². The molecule has 0 fully saturated rings. The normalized spacial score (nSPS) is 12.8. The van der Waals surface area contributed by atoms with E-state index in [0.29, 0.717) is 5.56 Å². The molecule has 0 bridgehead atoms. The lowest BCUT2D eigenvalue weighted by Crippen LogP contribution is -2.17. The van der Waals surface area contributed by atoms with E-state index in [1.807, 2.05) is 6.07 Å². The predicted molar refractivity (Wildman–Crippen MR) is 83.5 cm³/mol. The molecule has 2 aromatic heterocycles. The highest BCUT2D eigenvalue weighted by Gasteiger charge is 2.31. The Balaban J connectivity index is 1.73. The van der Waals surface area contributed by atoms with E-state index in [-0.39, 0.29) is 12.3 Å². The van der Waals surface area contributed by atoms with Gasteiger partial charge in [-0.15, -0.1) is 13.2 Å². The Hall–Kier alpha value is -2.87. The number of halogens is 3. The van der Waals surface area contributed by atoms with Crippen LogP contribution in [0, 0.1) is 0 Å². The smallest absolute Gasteiger partial charge is 0.406 e. The molecule has 130 valence electrons. The Bertz CT molecular complexity index is 817. The maximum atomic E-state index is 12.2. The summed E-state index contributed by atoms with van der Waals surface area (Å²) >= 11 is 0. The second-order valence-electron chi connectivity index (χ2n) is 5.27. The van der Waals surface area contributed by atoms with Crippen LogP contribution in [0.25, 0.3) is 11.3 Å². The van der Waals surface area contributed by atoms with Crippen molar-refractivity contribution < 1.29 is 23.0 Å². The Morgan fingerprint density at radius 2 is 1.84 bits per heavy atom. The molecule has 0 radical (unpaired) electrons. The number of aliphatic hydroxyl groups is 1. The van der Waals surface area contributed by atoms with E-state index < -0.39 is 12.5 Å². The van der Waals surface area contributed by atoms with Gasteiger partial charge in [0.25, 0.3) is 0 Å². The third-order valence-corrected chi connectivity index (χ3v) is 3.52. The van der Waals surface area contributed by atoms with Crippen LogP contribution in [0.15, 0.2) is 61.1 Å². The number of rotatable bonds is 5. The summed E-state index contributed by atoms with van der Waals surface area (Å²) in [6.45, 7) is 0.150. The Kier molecular flexibility index (Phi) is 4.71. The molecular formula is C17H14F3N3O2. The van der Waals surface area contributed by atoms with Crippen molar-refractivity contribution in [1.82, 2.24) is 14.8 Å². The van der Waals surface area contributed by atoms with E-state index in [1.54, 1.807) is 35.4 Å². The second kappa shape index (κ2) is 6.94. The van der Waals surface area contributed by atoms with Crippen LogP contribution in [0.4, 0.5) is 13.2 Å². The lowest BCUT2D eigenvalue weighted by molar-refractivity contribution is -0.274. The van der Waals surface area contributed by atoms with Crippen LogP contribution in [0.3, 0.4) is 0 Å². The van der Waals surface area contributed by atoms with Gasteiger partial charge in [-0.3, -0.25) is 9.67 Å². The molecule has 1 N–H and O–H groups in total. The molecule has 2 heterocycles. The van der Waals surface area contributed by atoms with Gasteiger partial charge < -0.3 is 9.84 Å². The molecule has 3 aromatic rings. The van der Waals surface area contributed by atoms with Crippen molar-refractivity contribution in [3.8, 4) is 17.0 Å². The van der Waals surface area contributed by atoms with Crippen LogP contribution in [0.2, 0.25) is 0 Å². The van der Waals surface area contributed by atoms with Crippen LogP contribution in [-0.2, 0) is 6.54 Å². The number of pyridine rings is 1. The summed E-state index contributed by atoms with van der Waals surface area (Å²) in [6.07, 6.45) is -0.731. The molecule has 3 rings (SSSR count). The first kappa shape index (κ1) is 17.0. The van der Waals surface area contributed by atoms with Gasteiger partial charge in [0.05, 0.1) is 18.3 Å². The molecular weight excluding hydrogens is 335 g/mol. The topological polar surface area (TPSA) is 60.2 Å². The Morgan fingerprint density at radius 1 is 1.08 bits per heavy atom. The number of hydrogen-bond acceptors (Lipinski definition) is 4. The molecule has 1 aromatic carbocycles. The van der Waals surface area contributed by atoms with E-state index in [1.165, 1.54) is 12.1 Å². The summed E-state index contributed by atoms with van der Waals surface area (Å²) in [6, 6.07) is 10.6. The van der Waals surface area contributed by atoms with Crippen molar-refractivity contribution in [2.75, 3.05) is 0 Å². The average molecular weight is 349 g/mol. The van der Waals surface area contributed by atoms with Crippen LogP contribution in [0.1, 0.15) is 11.7 Å². The fourth-order valence-corrected chi connectivity index (χ4v) is 2.40. The average Bonchev–Trinajstić information content (AvgIpc) is 3.03. The van der Waals surface area contributed by atoms with Gasteiger partial charge in [0.1, 0.15) is 5.75 Å². The van der Waals surface area contributed by atoms with Crippen molar-refractivity contribution in [3.05, 3.63) is 66.6 Å². The van der Waals surface area contributed by atoms with E-state index in [2.05, 4.69) is 14.8 Å². The molecule has 0 saturated heterocycles. The van der Waals surface area contributed by atoms with Gasteiger partial charge in [-0.2, -0.15) is 5.10 Å². The molecule has 0 aliphatic heterocycles. The summed E-state index contributed by atoms with van der Waals surface area (Å²) in [7, 11) is 0. The number of alkyl halides is 3. The quantitative estimate of drug-likeness (QED) is 0.765. The number of aromatic nitrogens is 3. The highest BCUT2D eigenvalue weighted by Crippen LogP contribution is 2.26. The van der Waals surface area contributed by atoms with Crippen LogP contribution in [-0.4, -0.2) is 26.2 Å². The van der Waals surface area contributed by atoms with Crippen molar-refractivity contribution in [3.63, 3.8) is 0 Å². The molecule has 25 heavy (non-hydrogen) atoms. The molecule has 8 heteroatoms. The van der Waals surface area contributed by atoms with Gasteiger partial charge in [-0.1, -0.05) is 12.1 Å². The van der Waals surface area contributed by atoms with Gasteiger partial charge in [-0.05, 0) is 35.9 Å². The largest absolute Gasteiger partial charge is 0.573 e. The molecule has 0 aliphatic rings. The summed E-state index contributed by atoms with van der Waals surface area (Å²) in [5.41, 5.74) is 2.09. The number of ether oxygens (including phenoxy) is 1. The second-order valence-corrected chi connectivity index (χ2v) is 5.27. The maximum Gasteiger partial charge on any atom is 0.573 e. The standard InChI is InChI=1S/C17H14F3N3O2/c18-17(19,20)25-14-5-3-12(4-6-14)16(24)11-23-15(7-9-22-23)13-2-1-8-21-10-13/h1-10,16,24H,11H2. The minimum absolute atomic E-state index is 0.150. The van der Waals surface area contributed by atoms with Crippen LogP contribution in [0.5, 0.6) is 5.75 Å². The zero-order chi connectivity index (χ0) is 17.9. The maximum absolute atomic E-state index is 12.2. The van der Waals surface area contributed by atoms with E-state index in [4.69, 9.17) is 0 Å². The molecule has 1 atom stereocenters. The zero-order valence-electron chi connectivity index (χ0n) is 12.9. The SMILES string of the molecule is OC(Cn1nccc1-c1cccnc1)c1ccc(OC(F)(F)F)cc1. The Labute approximate surface area is 141 Å². The van der Waals surface area contributed by atoms with Crippen LogP contribution >= 0.6 is 0 Å². The minimum atomic E-state index is -4.74. The summed E-state index contributed by atoms with van der Waals surface area (Å²) in [5.74, 6) is -0.335. The van der Waals surface area contributed by atoms with Crippen molar-refractivity contribution >= 4 is 0 Å². The first-order valence-electron chi connectivity index (χ1n) is 7.38. The lowest BCUT2D eigenvalue weighted by Gasteiger charge is -2.15. The monoisotopic (exact) mass is 349 g/mol. The third kappa shape index (κ3) is 4.36. The van der Waals surface area contributed by atoms with Gasteiger partial charge >= 0.3 is 6.36 Å². The highest BCUT2D eigenvalue weighted by atomic mass is 19.4. The van der Waals surface area contributed by atoms with Crippen molar-refractivity contribution in [2.45, 2.75) is 19.0 Å². The first-order valence-corrected chi connectivity index (χ1v) is 7.38. The molecule has 5 nitrogen and oxygen atoms in total. The van der Waals surface area contributed by atoms with Gasteiger partial charge in [0.2, 0.25) is 0 Å². The molecule has 0 aliphatic carbocycles. The first-order chi connectivity index (χ1) is 11.9. The number of hydrogen-bond donors (Lipinski definition) is 1. The zero-order valence-corrected chi connectivity index (χ0v) is 12.9. The Morgan fingerprint density at radius 3 is 2.48 bits per heavy atom. The van der Waals surface area contributed by atoms with E-state index in [9.17, 15) is 18.3 Å². The van der Waals surface area contributed by atoms with E-state index in [0.717, 1.165) is 23.4 Å². The summed E-state index contributed by atoms with van der Waals surface area (Å²) < 4.78 is 41.9. The molecule has 1 unspecified atom stereocenters. The molecule has 0 amide bonds. The minimum Gasteiger partial charge on any atom is -0.406 e. The van der Waals surface area contributed by atoms with Crippen molar-refractivity contribution in [1.29, 1.82) is 0 Å². The van der Waals surface area contributed by atoms with Crippen molar-refractivity contribution in [2.24, 2.45) is 0 Å². The van der Waals surface area contributed by atoms with Gasteiger partial charge in [0.15, 0.2) is 0 Å². The fraction of sp³-hybridized carbons (Fsp3) is 0.176. The van der Waals surface area contributed by atoms with Gasteiger partial charge in [0, 0.05) is 24.2 Å². The number of aliphatic hydroxyl groups excluding tert-OH is 1. The summed E-state index contributed by atoms with van der Waals surface area (Å²) in [4.78, 5) is 4.05. The lowest BCUT2D eigenvalue weighted by atomic mass is 10.1. The fourth-order valence-electron chi connectivity index (χ4n) is 2.40. The molecule has 0 saturated carbocycles.